The third-order valence-corrected chi connectivity index (χ3v) is 4.48. The minimum absolute atomic E-state index is 0.0596. The van der Waals surface area contributed by atoms with Crippen LogP contribution in [0.2, 0.25) is 0 Å². The normalized spacial score (nSPS) is 16.0. The van der Waals surface area contributed by atoms with Crippen LogP contribution in [-0.2, 0) is 24.0 Å². The monoisotopic (exact) mass is 490 g/mol. The summed E-state index contributed by atoms with van der Waals surface area (Å²) in [5, 5.41) is 35.2. The molecule has 14 N–H and O–H groups in total. The van der Waals surface area contributed by atoms with Gasteiger partial charge in [0.15, 0.2) is 5.96 Å². The number of hydrogen-bond donors (Lipinski definition) is 10. The molecule has 0 aliphatic rings. The topological polar surface area (TPSA) is 299 Å². The third kappa shape index (κ3) is 11.4. The zero-order valence-electron chi connectivity index (χ0n) is 18.9. The van der Waals surface area contributed by atoms with Gasteiger partial charge in [-0.05, 0) is 26.7 Å². The Morgan fingerprint density at radius 1 is 0.853 bits per heavy atom. The molecule has 0 spiro atoms. The Bertz CT molecular complexity index is 769. The lowest BCUT2D eigenvalue weighted by Crippen LogP contribution is -2.60. The van der Waals surface area contributed by atoms with E-state index < -0.39 is 72.4 Å². The van der Waals surface area contributed by atoms with E-state index in [4.69, 9.17) is 22.9 Å². The lowest BCUT2D eigenvalue weighted by Gasteiger charge is -2.26. The van der Waals surface area contributed by atoms with Crippen LogP contribution in [0.1, 0.15) is 33.1 Å². The summed E-state index contributed by atoms with van der Waals surface area (Å²) >= 11 is 0. The second-order valence-corrected chi connectivity index (χ2v) is 7.57. The number of carboxylic acids is 1. The number of amides is 4. The fraction of sp³-hybridized carbons (Fsp3) is 0.667. The predicted octanol–water partition coefficient (Wildman–Crippen LogP) is -5.46. The highest BCUT2D eigenvalue weighted by molar-refractivity contribution is 5.96. The number of nitrogens with two attached hydrogens (primary N) is 4. The maximum atomic E-state index is 12.6. The van der Waals surface area contributed by atoms with Crippen LogP contribution in [0.3, 0.4) is 0 Å². The van der Waals surface area contributed by atoms with Crippen LogP contribution in [0.4, 0.5) is 0 Å². The molecule has 0 aromatic rings. The van der Waals surface area contributed by atoms with Crippen molar-refractivity contribution in [1.82, 2.24) is 16.0 Å². The van der Waals surface area contributed by atoms with Gasteiger partial charge in [-0.25, -0.2) is 4.79 Å². The van der Waals surface area contributed by atoms with Crippen molar-refractivity contribution >= 4 is 35.6 Å². The highest BCUT2D eigenvalue weighted by Gasteiger charge is 2.33. The first-order valence-corrected chi connectivity index (χ1v) is 10.3. The van der Waals surface area contributed by atoms with Gasteiger partial charge in [0.1, 0.15) is 24.2 Å². The molecule has 6 unspecified atom stereocenters. The highest BCUT2D eigenvalue weighted by Crippen LogP contribution is 2.03. The van der Waals surface area contributed by atoms with E-state index in [9.17, 15) is 39.3 Å². The summed E-state index contributed by atoms with van der Waals surface area (Å²) < 4.78 is 0. The molecule has 0 rings (SSSR count). The van der Waals surface area contributed by atoms with Gasteiger partial charge in [0, 0.05) is 6.54 Å². The summed E-state index contributed by atoms with van der Waals surface area (Å²) in [5.41, 5.74) is 21.0. The van der Waals surface area contributed by atoms with Gasteiger partial charge in [0.25, 0.3) is 0 Å². The Kier molecular flexibility index (Phi) is 13.1. The standard InChI is InChI=1S/C18H34N8O8/c1-7(27)12(20)15(31)25-10(6-11(19)29)14(30)26-13(8(2)28)16(32)24-9(17(33)34)4-3-5-23-18(21)22/h7-10,12-13,27-28H,3-6,20H2,1-2H3,(H2,19,29)(H,24,32)(H,25,31)(H,26,30)(H,33,34)(H4,21,22,23). The summed E-state index contributed by atoms with van der Waals surface area (Å²) in [5.74, 6) is -5.62. The van der Waals surface area contributed by atoms with Crippen molar-refractivity contribution in [2.45, 2.75) is 69.5 Å². The summed E-state index contributed by atoms with van der Waals surface area (Å²) in [7, 11) is 0. The van der Waals surface area contributed by atoms with Crippen molar-refractivity contribution in [3.05, 3.63) is 0 Å². The summed E-state index contributed by atoms with van der Waals surface area (Å²) in [6.07, 6.45) is -3.30. The van der Waals surface area contributed by atoms with E-state index in [0.717, 1.165) is 6.92 Å². The number of aliphatic imine (C=N–C) groups is 1. The maximum absolute atomic E-state index is 12.6. The quantitative estimate of drug-likeness (QED) is 0.0586. The van der Waals surface area contributed by atoms with E-state index in [1.54, 1.807) is 0 Å². The molecule has 16 heteroatoms. The molecule has 0 radical (unpaired) electrons. The summed E-state index contributed by atoms with van der Waals surface area (Å²) in [4.78, 5) is 63.8. The van der Waals surface area contributed by atoms with Gasteiger partial charge in [-0.3, -0.25) is 24.2 Å². The Morgan fingerprint density at radius 2 is 1.41 bits per heavy atom. The molecule has 0 aromatic carbocycles. The molecule has 0 aliphatic heterocycles. The molecular formula is C18H34N8O8. The van der Waals surface area contributed by atoms with Gasteiger partial charge in [0.05, 0.1) is 18.6 Å². The summed E-state index contributed by atoms with van der Waals surface area (Å²) in [6, 6.07) is -6.04. The lowest BCUT2D eigenvalue weighted by molar-refractivity contribution is -0.143. The first-order chi connectivity index (χ1) is 15.7. The van der Waals surface area contributed by atoms with Crippen LogP contribution in [0, 0.1) is 0 Å². The average molecular weight is 491 g/mol. The van der Waals surface area contributed by atoms with Crippen molar-refractivity contribution in [3.63, 3.8) is 0 Å². The van der Waals surface area contributed by atoms with Crippen molar-refractivity contribution < 1.29 is 39.3 Å². The fourth-order valence-corrected chi connectivity index (χ4v) is 2.58. The largest absolute Gasteiger partial charge is 0.480 e. The Hall–Kier alpha value is -3.50. The number of nitrogens with zero attached hydrogens (tertiary/aromatic N) is 1. The van der Waals surface area contributed by atoms with Crippen LogP contribution in [0.15, 0.2) is 4.99 Å². The number of aliphatic hydroxyl groups is 2. The number of carbonyl (C=O) groups excluding carboxylic acids is 4. The van der Waals surface area contributed by atoms with E-state index in [1.165, 1.54) is 6.92 Å². The van der Waals surface area contributed by atoms with Gasteiger partial charge in [0.2, 0.25) is 23.6 Å². The van der Waals surface area contributed by atoms with E-state index in [0.29, 0.717) is 0 Å². The third-order valence-electron chi connectivity index (χ3n) is 4.48. The van der Waals surface area contributed by atoms with E-state index in [-0.39, 0.29) is 25.3 Å². The minimum Gasteiger partial charge on any atom is -0.480 e. The lowest BCUT2D eigenvalue weighted by atomic mass is 10.1. The first-order valence-electron chi connectivity index (χ1n) is 10.3. The molecule has 0 bridgehead atoms. The zero-order chi connectivity index (χ0) is 26.6. The molecule has 4 amide bonds. The van der Waals surface area contributed by atoms with Crippen LogP contribution < -0.4 is 38.9 Å². The molecule has 16 nitrogen and oxygen atoms in total. The van der Waals surface area contributed by atoms with Gasteiger partial charge in [-0.1, -0.05) is 0 Å². The molecule has 0 aromatic heterocycles. The first kappa shape index (κ1) is 30.5. The van der Waals surface area contributed by atoms with Gasteiger partial charge < -0.3 is 54.2 Å². The number of aliphatic hydroxyl groups excluding tert-OH is 2. The Balaban J connectivity index is 5.39. The Morgan fingerprint density at radius 3 is 1.85 bits per heavy atom. The van der Waals surface area contributed by atoms with Crippen LogP contribution in [0.25, 0.3) is 0 Å². The molecule has 0 saturated heterocycles. The second-order valence-electron chi connectivity index (χ2n) is 7.57. The van der Waals surface area contributed by atoms with Crippen molar-refractivity contribution in [3.8, 4) is 0 Å². The number of aliphatic carboxylic acids is 1. The molecule has 0 aliphatic carbocycles. The fourth-order valence-electron chi connectivity index (χ4n) is 2.58. The van der Waals surface area contributed by atoms with E-state index in [2.05, 4.69) is 20.9 Å². The summed E-state index contributed by atoms with van der Waals surface area (Å²) in [6.45, 7) is 2.50. The Labute approximate surface area is 195 Å². The van der Waals surface area contributed by atoms with Gasteiger partial charge >= 0.3 is 5.97 Å². The molecule has 0 saturated carbocycles. The van der Waals surface area contributed by atoms with Crippen LogP contribution in [0.5, 0.6) is 0 Å². The number of rotatable bonds is 15. The van der Waals surface area contributed by atoms with Crippen LogP contribution in [-0.4, -0.2) is 93.8 Å². The van der Waals surface area contributed by atoms with E-state index >= 15 is 0 Å². The maximum Gasteiger partial charge on any atom is 0.326 e. The van der Waals surface area contributed by atoms with Crippen molar-refractivity contribution in [2.75, 3.05) is 6.54 Å². The smallest absolute Gasteiger partial charge is 0.326 e. The average Bonchev–Trinajstić information content (AvgIpc) is 2.71. The SMILES string of the molecule is CC(O)C(N)C(=O)NC(CC(N)=O)C(=O)NC(C(=O)NC(CCCN=C(N)N)C(=O)O)C(C)O. The predicted molar refractivity (Wildman–Crippen MR) is 118 cm³/mol. The minimum atomic E-state index is -1.65. The number of hydrogen-bond acceptors (Lipinski definition) is 9. The number of carboxylic acid groups (broad SMARTS) is 1. The van der Waals surface area contributed by atoms with Crippen molar-refractivity contribution in [1.29, 1.82) is 0 Å². The highest BCUT2D eigenvalue weighted by atomic mass is 16.4. The second kappa shape index (κ2) is 14.6. The molecule has 34 heavy (non-hydrogen) atoms. The molecule has 0 fully saturated rings. The van der Waals surface area contributed by atoms with E-state index in [1.807, 2.05) is 0 Å². The van der Waals surface area contributed by atoms with Gasteiger partial charge in [-0.15, -0.1) is 0 Å². The number of carbonyl (C=O) groups is 5. The van der Waals surface area contributed by atoms with Gasteiger partial charge in [-0.2, -0.15) is 0 Å². The zero-order valence-corrected chi connectivity index (χ0v) is 18.9. The number of primary amides is 1. The molecular weight excluding hydrogens is 456 g/mol. The molecule has 194 valence electrons. The van der Waals surface area contributed by atoms with Crippen molar-refractivity contribution in [2.24, 2.45) is 27.9 Å². The van der Waals surface area contributed by atoms with Crippen LogP contribution >= 0.6 is 0 Å². The molecule has 6 atom stereocenters. The number of guanidine groups is 1. The number of nitrogens with one attached hydrogen (secondary N) is 3. The molecule has 0 heterocycles.